The number of carbonyl (C=O) groups excluding carboxylic acids is 2. The van der Waals surface area contributed by atoms with Crippen molar-refractivity contribution >= 4 is 17.9 Å². The van der Waals surface area contributed by atoms with Gasteiger partial charge in [0.2, 0.25) is 0 Å². The lowest BCUT2D eigenvalue weighted by Gasteiger charge is -2.32. The van der Waals surface area contributed by atoms with Gasteiger partial charge in [-0.15, -0.1) is 0 Å². The first kappa shape index (κ1) is 20.6. The Kier molecular flexibility index (Phi) is 5.73. The fourth-order valence-electron chi connectivity index (χ4n) is 3.83. The molecule has 1 aliphatic heterocycles. The number of carboxylic acids is 1. The Balaban J connectivity index is 2.09. The third kappa shape index (κ3) is 3.75. The first-order valence-corrected chi connectivity index (χ1v) is 9.74. The number of hydrogen-bond donors (Lipinski definition) is 1. The van der Waals surface area contributed by atoms with Gasteiger partial charge >= 0.3 is 12.0 Å². The Labute approximate surface area is 170 Å². The van der Waals surface area contributed by atoms with E-state index in [4.69, 9.17) is 0 Å². The normalized spacial score (nSPS) is 20.4. The van der Waals surface area contributed by atoms with Crippen molar-refractivity contribution in [2.75, 3.05) is 0 Å². The minimum Gasteiger partial charge on any atom is -0.480 e. The molecule has 6 heteroatoms. The largest absolute Gasteiger partial charge is 0.480 e. The van der Waals surface area contributed by atoms with Crippen LogP contribution in [0.5, 0.6) is 0 Å². The highest BCUT2D eigenvalue weighted by Gasteiger charge is 2.58. The number of benzene rings is 2. The van der Waals surface area contributed by atoms with E-state index in [1.165, 1.54) is 4.90 Å². The van der Waals surface area contributed by atoms with Gasteiger partial charge in [0, 0.05) is 6.54 Å². The summed E-state index contributed by atoms with van der Waals surface area (Å²) in [5.41, 5.74) is 0.248. The maximum Gasteiger partial charge on any atom is 0.329 e. The predicted molar refractivity (Wildman–Crippen MR) is 109 cm³/mol. The van der Waals surface area contributed by atoms with Gasteiger partial charge in [0.25, 0.3) is 5.91 Å². The van der Waals surface area contributed by atoms with E-state index in [1.54, 1.807) is 19.1 Å². The summed E-state index contributed by atoms with van der Waals surface area (Å²) in [6, 6.07) is 16.7. The van der Waals surface area contributed by atoms with E-state index < -0.39 is 29.5 Å². The molecule has 1 saturated heterocycles. The summed E-state index contributed by atoms with van der Waals surface area (Å²) in [6.07, 6.45) is 0.205. The average molecular weight is 394 g/mol. The zero-order valence-corrected chi connectivity index (χ0v) is 16.9. The molecular formula is C23H26N2O4. The number of carboxylic acid groups (broad SMARTS) is 1. The summed E-state index contributed by atoms with van der Waals surface area (Å²) in [6.45, 7) is 5.65. The van der Waals surface area contributed by atoms with Gasteiger partial charge in [0.15, 0.2) is 0 Å². The Bertz CT molecular complexity index is 898. The van der Waals surface area contributed by atoms with E-state index in [1.807, 2.05) is 62.4 Å². The number of nitrogens with zero attached hydrogens (tertiary/aromatic N) is 2. The van der Waals surface area contributed by atoms with Gasteiger partial charge in [0.05, 0.1) is 0 Å². The summed E-state index contributed by atoms with van der Waals surface area (Å²) >= 11 is 0. The third-order valence-corrected chi connectivity index (χ3v) is 5.42. The maximum absolute atomic E-state index is 13.6. The van der Waals surface area contributed by atoms with Gasteiger partial charge in [0.1, 0.15) is 11.6 Å². The predicted octanol–water partition coefficient (Wildman–Crippen LogP) is 3.87. The minimum absolute atomic E-state index is 0.0165. The van der Waals surface area contributed by atoms with Gasteiger partial charge in [-0.1, -0.05) is 74.5 Å². The fourth-order valence-corrected chi connectivity index (χ4v) is 3.83. The van der Waals surface area contributed by atoms with Crippen molar-refractivity contribution in [3.8, 4) is 0 Å². The number of aliphatic carboxylic acids is 1. The van der Waals surface area contributed by atoms with Gasteiger partial charge in [-0.05, 0) is 30.4 Å². The molecule has 0 radical (unpaired) electrons. The van der Waals surface area contributed by atoms with E-state index in [0.29, 0.717) is 5.56 Å². The highest BCUT2D eigenvalue weighted by molar-refractivity contribution is 6.09. The lowest BCUT2D eigenvalue weighted by molar-refractivity contribution is -0.148. The molecule has 0 bridgehead atoms. The van der Waals surface area contributed by atoms with E-state index >= 15 is 0 Å². The highest BCUT2D eigenvalue weighted by atomic mass is 16.4. The Morgan fingerprint density at radius 1 is 1.00 bits per heavy atom. The molecule has 1 fully saturated rings. The lowest BCUT2D eigenvalue weighted by Crippen LogP contribution is -2.47. The van der Waals surface area contributed by atoms with Crippen LogP contribution in [0.1, 0.15) is 38.3 Å². The SMILES string of the molecule is CC(C)CC(C(=O)O)N1C(=O)N(Cc2ccccc2)[C@@](C)(c2ccccc2)C1=O. The van der Waals surface area contributed by atoms with E-state index in [2.05, 4.69) is 0 Å². The standard InChI is InChI=1S/C23H26N2O4/c1-16(2)14-19(20(26)27)25-21(28)23(3,18-12-8-5-9-13-18)24(22(25)29)15-17-10-6-4-7-11-17/h4-13,16,19H,14-15H2,1-3H3,(H,26,27)/t19?,23-/m0/s1. The van der Waals surface area contributed by atoms with Crippen LogP contribution in [-0.2, 0) is 21.7 Å². The first-order valence-electron chi connectivity index (χ1n) is 9.74. The molecule has 0 spiro atoms. The molecule has 1 N–H and O–H groups in total. The van der Waals surface area contributed by atoms with Crippen molar-refractivity contribution in [2.45, 2.75) is 45.3 Å². The molecule has 152 valence electrons. The molecule has 3 amide bonds. The van der Waals surface area contributed by atoms with Crippen LogP contribution in [0.4, 0.5) is 4.79 Å². The molecule has 0 aliphatic carbocycles. The lowest BCUT2D eigenvalue weighted by atomic mass is 9.89. The van der Waals surface area contributed by atoms with Crippen molar-refractivity contribution in [1.29, 1.82) is 0 Å². The molecule has 2 aromatic carbocycles. The number of carbonyl (C=O) groups is 3. The molecule has 0 aromatic heterocycles. The number of amides is 3. The zero-order valence-electron chi connectivity index (χ0n) is 16.9. The fraction of sp³-hybridized carbons (Fsp3) is 0.348. The van der Waals surface area contributed by atoms with E-state index in [9.17, 15) is 19.5 Å². The molecule has 1 aliphatic rings. The Morgan fingerprint density at radius 2 is 1.55 bits per heavy atom. The number of urea groups is 1. The van der Waals surface area contributed by atoms with Crippen molar-refractivity contribution in [1.82, 2.24) is 9.80 Å². The summed E-state index contributed by atoms with van der Waals surface area (Å²) in [5.74, 6) is -1.65. The molecule has 0 saturated carbocycles. The second kappa shape index (κ2) is 8.07. The van der Waals surface area contributed by atoms with E-state index in [-0.39, 0.29) is 18.9 Å². The zero-order chi connectivity index (χ0) is 21.2. The second-order valence-corrected chi connectivity index (χ2v) is 7.95. The quantitative estimate of drug-likeness (QED) is 0.723. The molecule has 1 unspecified atom stereocenters. The van der Waals surface area contributed by atoms with Crippen LogP contribution in [0.15, 0.2) is 60.7 Å². The monoisotopic (exact) mass is 394 g/mol. The minimum atomic E-state index is -1.28. The summed E-state index contributed by atoms with van der Waals surface area (Å²) in [7, 11) is 0. The molecule has 29 heavy (non-hydrogen) atoms. The second-order valence-electron chi connectivity index (χ2n) is 7.95. The van der Waals surface area contributed by atoms with Gasteiger partial charge in [-0.2, -0.15) is 0 Å². The van der Waals surface area contributed by atoms with Crippen molar-refractivity contribution in [3.63, 3.8) is 0 Å². The molecule has 3 rings (SSSR count). The summed E-state index contributed by atoms with van der Waals surface area (Å²) in [5, 5.41) is 9.77. The average Bonchev–Trinajstić information content (AvgIpc) is 2.89. The van der Waals surface area contributed by atoms with Crippen molar-refractivity contribution in [2.24, 2.45) is 5.92 Å². The number of rotatable bonds is 7. The topological polar surface area (TPSA) is 77.9 Å². The van der Waals surface area contributed by atoms with Gasteiger partial charge in [-0.25, -0.2) is 14.5 Å². The first-order chi connectivity index (χ1) is 13.8. The third-order valence-electron chi connectivity index (χ3n) is 5.42. The van der Waals surface area contributed by atoms with Crippen LogP contribution in [0.3, 0.4) is 0 Å². The molecule has 1 heterocycles. The highest BCUT2D eigenvalue weighted by Crippen LogP contribution is 2.40. The molecule has 2 aromatic rings. The van der Waals surface area contributed by atoms with Crippen LogP contribution in [0.2, 0.25) is 0 Å². The van der Waals surface area contributed by atoms with Gasteiger partial charge < -0.3 is 10.0 Å². The van der Waals surface area contributed by atoms with Gasteiger partial charge in [-0.3, -0.25) is 4.79 Å². The maximum atomic E-state index is 13.6. The van der Waals surface area contributed by atoms with Crippen LogP contribution in [0, 0.1) is 5.92 Å². The summed E-state index contributed by atoms with van der Waals surface area (Å²) < 4.78 is 0. The van der Waals surface area contributed by atoms with E-state index in [0.717, 1.165) is 10.5 Å². The number of imide groups is 1. The van der Waals surface area contributed by atoms with Crippen molar-refractivity contribution < 1.29 is 19.5 Å². The Hall–Kier alpha value is -3.15. The molecule has 6 nitrogen and oxygen atoms in total. The van der Waals surface area contributed by atoms with Crippen LogP contribution < -0.4 is 0 Å². The van der Waals surface area contributed by atoms with Crippen LogP contribution in [-0.4, -0.2) is 38.9 Å². The number of hydrogen-bond acceptors (Lipinski definition) is 3. The van der Waals surface area contributed by atoms with Crippen LogP contribution in [0.25, 0.3) is 0 Å². The van der Waals surface area contributed by atoms with Crippen molar-refractivity contribution in [3.05, 3.63) is 71.8 Å². The molecule has 2 atom stereocenters. The smallest absolute Gasteiger partial charge is 0.329 e. The molecular weight excluding hydrogens is 368 g/mol. The summed E-state index contributed by atoms with van der Waals surface area (Å²) in [4.78, 5) is 41.4. The Morgan fingerprint density at radius 3 is 2.07 bits per heavy atom. The van der Waals surface area contributed by atoms with Crippen LogP contribution >= 0.6 is 0 Å².